The molecule has 0 saturated heterocycles. The molecule has 0 heterocycles. The molecule has 0 fully saturated rings. The minimum absolute atomic E-state index is 0.243. The van der Waals surface area contributed by atoms with Crippen LogP contribution in [-0.4, -0.2) is 24.7 Å². The van der Waals surface area contributed by atoms with Gasteiger partial charge < -0.3 is 16.4 Å². The lowest BCUT2D eigenvalue weighted by Gasteiger charge is -2.26. The molecule has 1 aromatic rings. The second-order valence-corrected chi connectivity index (χ2v) is 5.94. The predicted molar refractivity (Wildman–Crippen MR) is 87.0 cm³/mol. The molecule has 0 spiro atoms. The number of hydrogen-bond acceptors (Lipinski definition) is 4. The maximum Gasteiger partial charge on any atom is 0.236 e. The van der Waals surface area contributed by atoms with Gasteiger partial charge in [-0.1, -0.05) is 26.3 Å². The molecule has 0 aliphatic heterocycles. The van der Waals surface area contributed by atoms with E-state index in [0.29, 0.717) is 6.54 Å². The van der Waals surface area contributed by atoms with Gasteiger partial charge in [-0.3, -0.25) is 4.79 Å². The molecule has 0 saturated carbocycles. The van der Waals surface area contributed by atoms with Crippen LogP contribution < -0.4 is 16.4 Å². The van der Waals surface area contributed by atoms with Crippen molar-refractivity contribution in [2.24, 2.45) is 11.5 Å². The van der Waals surface area contributed by atoms with Crippen molar-refractivity contribution in [3.8, 4) is 0 Å². The Labute approximate surface area is 125 Å². The van der Waals surface area contributed by atoms with Crippen molar-refractivity contribution in [3.63, 3.8) is 0 Å². The highest BCUT2D eigenvalue weighted by molar-refractivity contribution is 7.99. The van der Waals surface area contributed by atoms with Gasteiger partial charge in [0.15, 0.2) is 0 Å². The number of thioether (sulfide) groups is 1. The third-order valence-corrected chi connectivity index (χ3v) is 4.06. The van der Waals surface area contributed by atoms with E-state index in [2.05, 4.69) is 19.9 Å². The SMILES string of the molecule is CCCCN(CC(N)=O)c1cccc(SCC)c1CN. The highest BCUT2D eigenvalue weighted by Crippen LogP contribution is 2.30. The molecular weight excluding hydrogens is 270 g/mol. The Balaban J connectivity index is 3.09. The second-order valence-electron chi connectivity index (χ2n) is 4.63. The lowest BCUT2D eigenvalue weighted by molar-refractivity contribution is -0.116. The Kier molecular flexibility index (Phi) is 7.47. The number of carbonyl (C=O) groups is 1. The van der Waals surface area contributed by atoms with Crippen LogP contribution in [0.25, 0.3) is 0 Å². The monoisotopic (exact) mass is 295 g/mol. The van der Waals surface area contributed by atoms with E-state index in [1.54, 1.807) is 11.8 Å². The van der Waals surface area contributed by atoms with Gasteiger partial charge in [0.05, 0.1) is 6.54 Å². The fourth-order valence-corrected chi connectivity index (χ4v) is 3.02. The molecule has 112 valence electrons. The number of unbranched alkanes of at least 4 members (excludes halogenated alkanes) is 1. The summed E-state index contributed by atoms with van der Waals surface area (Å²) in [4.78, 5) is 14.5. The fraction of sp³-hybridized carbons (Fsp3) is 0.533. The molecule has 0 atom stereocenters. The molecule has 0 radical (unpaired) electrons. The van der Waals surface area contributed by atoms with E-state index >= 15 is 0 Å². The molecule has 4 nitrogen and oxygen atoms in total. The van der Waals surface area contributed by atoms with Crippen molar-refractivity contribution >= 4 is 23.4 Å². The van der Waals surface area contributed by atoms with Gasteiger partial charge in [0.2, 0.25) is 5.91 Å². The van der Waals surface area contributed by atoms with E-state index in [0.717, 1.165) is 36.4 Å². The first kappa shape index (κ1) is 16.9. The van der Waals surface area contributed by atoms with Crippen LogP contribution in [0.2, 0.25) is 0 Å². The lowest BCUT2D eigenvalue weighted by Crippen LogP contribution is -2.35. The molecular formula is C15H25N3OS. The zero-order chi connectivity index (χ0) is 15.0. The summed E-state index contributed by atoms with van der Waals surface area (Å²) in [5, 5.41) is 0. The normalized spacial score (nSPS) is 10.6. The summed E-state index contributed by atoms with van der Waals surface area (Å²) < 4.78 is 0. The van der Waals surface area contributed by atoms with Crippen LogP contribution in [-0.2, 0) is 11.3 Å². The Morgan fingerprint density at radius 2 is 2.10 bits per heavy atom. The number of primary amides is 1. The van der Waals surface area contributed by atoms with Crippen molar-refractivity contribution < 1.29 is 4.79 Å². The smallest absolute Gasteiger partial charge is 0.236 e. The number of anilines is 1. The van der Waals surface area contributed by atoms with Crippen LogP contribution in [0.5, 0.6) is 0 Å². The first-order chi connectivity index (χ1) is 9.63. The van der Waals surface area contributed by atoms with Crippen LogP contribution in [0.3, 0.4) is 0 Å². The molecule has 0 aliphatic rings. The lowest BCUT2D eigenvalue weighted by atomic mass is 10.1. The van der Waals surface area contributed by atoms with Gasteiger partial charge in [-0.15, -0.1) is 11.8 Å². The zero-order valence-corrected chi connectivity index (χ0v) is 13.2. The Morgan fingerprint density at radius 1 is 1.35 bits per heavy atom. The van der Waals surface area contributed by atoms with E-state index in [9.17, 15) is 4.79 Å². The molecule has 4 N–H and O–H groups in total. The van der Waals surface area contributed by atoms with Gasteiger partial charge in [-0.05, 0) is 24.3 Å². The van der Waals surface area contributed by atoms with Gasteiger partial charge in [0, 0.05) is 29.2 Å². The maximum atomic E-state index is 11.3. The molecule has 0 bridgehead atoms. The molecule has 1 rings (SSSR count). The molecule has 20 heavy (non-hydrogen) atoms. The van der Waals surface area contributed by atoms with Gasteiger partial charge in [-0.25, -0.2) is 0 Å². The average molecular weight is 295 g/mol. The molecule has 0 aromatic heterocycles. The minimum Gasteiger partial charge on any atom is -0.368 e. The number of nitrogens with two attached hydrogens (primary N) is 2. The molecule has 0 aliphatic carbocycles. The number of rotatable bonds is 9. The second kappa shape index (κ2) is 8.87. The number of nitrogens with zero attached hydrogens (tertiary/aromatic N) is 1. The van der Waals surface area contributed by atoms with Gasteiger partial charge in [0.25, 0.3) is 0 Å². The van der Waals surface area contributed by atoms with Gasteiger partial charge in [-0.2, -0.15) is 0 Å². The van der Waals surface area contributed by atoms with Crippen molar-refractivity contribution in [2.45, 2.75) is 38.1 Å². The van der Waals surface area contributed by atoms with E-state index in [-0.39, 0.29) is 12.5 Å². The van der Waals surface area contributed by atoms with Crippen molar-refractivity contribution in [3.05, 3.63) is 23.8 Å². The van der Waals surface area contributed by atoms with Crippen LogP contribution in [0.1, 0.15) is 32.3 Å². The number of amides is 1. The van der Waals surface area contributed by atoms with E-state index in [4.69, 9.17) is 11.5 Å². The molecule has 5 heteroatoms. The average Bonchev–Trinajstić information content (AvgIpc) is 2.43. The quantitative estimate of drug-likeness (QED) is 0.686. The summed E-state index contributed by atoms with van der Waals surface area (Å²) in [6, 6.07) is 6.13. The third kappa shape index (κ3) is 4.72. The largest absolute Gasteiger partial charge is 0.368 e. The number of carbonyl (C=O) groups excluding carboxylic acids is 1. The van der Waals surface area contributed by atoms with Crippen LogP contribution >= 0.6 is 11.8 Å². The van der Waals surface area contributed by atoms with Crippen LogP contribution in [0, 0.1) is 0 Å². The Bertz CT molecular complexity index is 437. The summed E-state index contributed by atoms with van der Waals surface area (Å²) in [7, 11) is 0. The maximum absolute atomic E-state index is 11.3. The van der Waals surface area contributed by atoms with Crippen molar-refractivity contribution in [1.82, 2.24) is 0 Å². The summed E-state index contributed by atoms with van der Waals surface area (Å²) in [6.45, 7) is 5.80. The minimum atomic E-state index is -0.308. The van der Waals surface area contributed by atoms with E-state index in [1.165, 1.54) is 4.90 Å². The number of hydrogen-bond donors (Lipinski definition) is 2. The van der Waals surface area contributed by atoms with Crippen LogP contribution in [0.15, 0.2) is 23.1 Å². The first-order valence-electron chi connectivity index (χ1n) is 7.12. The molecule has 0 unspecified atom stereocenters. The summed E-state index contributed by atoms with van der Waals surface area (Å²) >= 11 is 1.78. The first-order valence-corrected chi connectivity index (χ1v) is 8.10. The summed E-state index contributed by atoms with van der Waals surface area (Å²) in [5.41, 5.74) is 13.4. The summed E-state index contributed by atoms with van der Waals surface area (Å²) in [6.07, 6.45) is 2.11. The highest BCUT2D eigenvalue weighted by atomic mass is 32.2. The van der Waals surface area contributed by atoms with Crippen molar-refractivity contribution in [2.75, 3.05) is 23.7 Å². The number of benzene rings is 1. The van der Waals surface area contributed by atoms with E-state index < -0.39 is 0 Å². The van der Waals surface area contributed by atoms with Gasteiger partial charge in [0.1, 0.15) is 0 Å². The summed E-state index contributed by atoms with van der Waals surface area (Å²) in [5.74, 6) is 0.693. The molecule has 1 aromatic carbocycles. The third-order valence-electron chi connectivity index (χ3n) is 3.08. The van der Waals surface area contributed by atoms with Gasteiger partial charge >= 0.3 is 0 Å². The zero-order valence-electron chi connectivity index (χ0n) is 12.4. The van der Waals surface area contributed by atoms with E-state index in [1.807, 2.05) is 17.0 Å². The van der Waals surface area contributed by atoms with Crippen LogP contribution in [0.4, 0.5) is 5.69 Å². The Hall–Kier alpha value is -1.20. The standard InChI is InChI=1S/C15H25N3OS/c1-3-5-9-18(11-15(17)19)13-7-6-8-14(20-4-2)12(13)10-16/h6-8H,3-5,9-11,16H2,1-2H3,(H2,17,19). The predicted octanol–water partition coefficient (Wildman–Crippen LogP) is 2.35. The topological polar surface area (TPSA) is 72.3 Å². The highest BCUT2D eigenvalue weighted by Gasteiger charge is 2.15. The fourth-order valence-electron chi connectivity index (χ4n) is 2.17. The Morgan fingerprint density at radius 3 is 2.65 bits per heavy atom. The molecule has 1 amide bonds. The van der Waals surface area contributed by atoms with Crippen molar-refractivity contribution in [1.29, 1.82) is 0 Å².